The molecule has 21 heavy (non-hydrogen) atoms. The first-order chi connectivity index (χ1) is 10.2. The summed E-state index contributed by atoms with van der Waals surface area (Å²) in [4.78, 5) is 6.98. The number of rotatable bonds is 3. The number of aryl methyl sites for hydroxylation is 1. The van der Waals surface area contributed by atoms with Crippen molar-refractivity contribution in [1.82, 2.24) is 4.98 Å². The number of para-hydroxylation sites is 2. The molecule has 1 aliphatic heterocycles. The van der Waals surface area contributed by atoms with Crippen LogP contribution in [0.3, 0.4) is 0 Å². The predicted octanol–water partition coefficient (Wildman–Crippen LogP) is 3.14. The average molecular weight is 283 g/mol. The van der Waals surface area contributed by atoms with Crippen LogP contribution in [0.2, 0.25) is 0 Å². The van der Waals surface area contributed by atoms with Crippen LogP contribution in [0.25, 0.3) is 0 Å². The first-order valence-electron chi connectivity index (χ1n) is 7.27. The molecule has 0 saturated carbocycles. The third kappa shape index (κ3) is 2.53. The standard InChI is InChI=1S/C17H21N3O/c1-12-10-19-15(13(2)17(12)21-3)11-20-9-8-18-14-6-4-5-7-16(14)20/h4-7,10,18H,8-9,11H2,1-3H3. The number of hydrogen-bond acceptors (Lipinski definition) is 4. The van der Waals surface area contributed by atoms with Crippen LogP contribution in [0, 0.1) is 13.8 Å². The third-order valence-electron chi connectivity index (χ3n) is 4.03. The van der Waals surface area contributed by atoms with Crippen molar-refractivity contribution in [3.63, 3.8) is 0 Å². The summed E-state index contributed by atoms with van der Waals surface area (Å²) in [5.41, 5.74) is 5.73. The molecule has 0 radical (unpaired) electrons. The van der Waals surface area contributed by atoms with Gasteiger partial charge in [0.25, 0.3) is 0 Å². The van der Waals surface area contributed by atoms with Gasteiger partial charge in [-0.25, -0.2) is 0 Å². The fourth-order valence-corrected chi connectivity index (χ4v) is 2.92. The van der Waals surface area contributed by atoms with E-state index in [0.717, 1.165) is 42.2 Å². The van der Waals surface area contributed by atoms with Crippen LogP contribution in [0.4, 0.5) is 11.4 Å². The number of nitrogens with one attached hydrogen (secondary N) is 1. The van der Waals surface area contributed by atoms with E-state index in [2.05, 4.69) is 46.4 Å². The molecule has 2 heterocycles. The molecule has 3 rings (SSSR count). The largest absolute Gasteiger partial charge is 0.496 e. The van der Waals surface area contributed by atoms with Crippen LogP contribution in [0.5, 0.6) is 5.75 Å². The Bertz CT molecular complexity index is 654. The molecular weight excluding hydrogens is 262 g/mol. The van der Waals surface area contributed by atoms with Gasteiger partial charge in [-0.3, -0.25) is 4.98 Å². The zero-order valence-electron chi connectivity index (χ0n) is 12.8. The van der Waals surface area contributed by atoms with E-state index >= 15 is 0 Å². The van der Waals surface area contributed by atoms with Gasteiger partial charge in [-0.15, -0.1) is 0 Å². The van der Waals surface area contributed by atoms with Crippen molar-refractivity contribution in [3.8, 4) is 5.75 Å². The van der Waals surface area contributed by atoms with Crippen molar-refractivity contribution >= 4 is 11.4 Å². The SMILES string of the molecule is COc1c(C)cnc(CN2CCNc3ccccc32)c1C. The van der Waals surface area contributed by atoms with Crippen LogP contribution in [-0.4, -0.2) is 25.2 Å². The van der Waals surface area contributed by atoms with E-state index in [9.17, 15) is 0 Å². The zero-order chi connectivity index (χ0) is 14.8. The summed E-state index contributed by atoms with van der Waals surface area (Å²) in [6.45, 7) is 6.86. The number of aromatic nitrogens is 1. The van der Waals surface area contributed by atoms with Gasteiger partial charge in [0.05, 0.1) is 30.7 Å². The van der Waals surface area contributed by atoms with Crippen molar-refractivity contribution in [2.75, 3.05) is 30.4 Å². The van der Waals surface area contributed by atoms with E-state index in [1.165, 1.54) is 11.4 Å². The molecule has 0 unspecified atom stereocenters. The van der Waals surface area contributed by atoms with Gasteiger partial charge in [0, 0.05) is 30.4 Å². The van der Waals surface area contributed by atoms with Gasteiger partial charge < -0.3 is 15.0 Å². The number of hydrogen-bond donors (Lipinski definition) is 1. The highest BCUT2D eigenvalue weighted by atomic mass is 16.5. The number of nitrogens with zero attached hydrogens (tertiary/aromatic N) is 2. The minimum absolute atomic E-state index is 0.807. The van der Waals surface area contributed by atoms with Crippen molar-refractivity contribution in [1.29, 1.82) is 0 Å². The lowest BCUT2D eigenvalue weighted by Gasteiger charge is -2.32. The molecule has 1 N–H and O–H groups in total. The van der Waals surface area contributed by atoms with E-state index in [4.69, 9.17) is 4.74 Å². The molecular formula is C17H21N3O. The summed E-state index contributed by atoms with van der Waals surface area (Å²) in [5.74, 6) is 0.948. The molecule has 1 aromatic carbocycles. The molecule has 0 bridgehead atoms. The van der Waals surface area contributed by atoms with Gasteiger partial charge in [-0.2, -0.15) is 0 Å². The minimum atomic E-state index is 0.807. The lowest BCUT2D eigenvalue weighted by atomic mass is 10.1. The maximum Gasteiger partial charge on any atom is 0.128 e. The Morgan fingerprint density at radius 2 is 2.10 bits per heavy atom. The highest BCUT2D eigenvalue weighted by Gasteiger charge is 2.18. The Balaban J connectivity index is 1.92. The fourth-order valence-electron chi connectivity index (χ4n) is 2.92. The normalized spacial score (nSPS) is 13.6. The lowest BCUT2D eigenvalue weighted by molar-refractivity contribution is 0.406. The first-order valence-corrected chi connectivity index (χ1v) is 7.27. The molecule has 1 aliphatic rings. The second-order valence-electron chi connectivity index (χ2n) is 5.41. The number of anilines is 2. The van der Waals surface area contributed by atoms with Crippen molar-refractivity contribution in [2.45, 2.75) is 20.4 Å². The van der Waals surface area contributed by atoms with E-state index < -0.39 is 0 Å². The molecule has 4 heteroatoms. The van der Waals surface area contributed by atoms with Gasteiger partial charge in [-0.05, 0) is 26.0 Å². The van der Waals surface area contributed by atoms with Crippen molar-refractivity contribution in [3.05, 3.63) is 47.3 Å². The van der Waals surface area contributed by atoms with Crippen LogP contribution in [-0.2, 0) is 6.54 Å². The molecule has 0 amide bonds. The Hall–Kier alpha value is -2.23. The number of methoxy groups -OCH3 is 1. The summed E-state index contributed by atoms with van der Waals surface area (Å²) in [7, 11) is 1.72. The molecule has 4 nitrogen and oxygen atoms in total. The fraction of sp³-hybridized carbons (Fsp3) is 0.353. The second kappa shape index (κ2) is 5.64. The number of ether oxygens (including phenoxy) is 1. The highest BCUT2D eigenvalue weighted by molar-refractivity contribution is 5.72. The Kier molecular flexibility index (Phi) is 3.69. The molecule has 0 saturated heterocycles. The summed E-state index contributed by atoms with van der Waals surface area (Å²) >= 11 is 0. The van der Waals surface area contributed by atoms with Crippen LogP contribution in [0.15, 0.2) is 30.5 Å². The minimum Gasteiger partial charge on any atom is -0.496 e. The quantitative estimate of drug-likeness (QED) is 0.939. The van der Waals surface area contributed by atoms with Crippen LogP contribution in [0.1, 0.15) is 16.8 Å². The van der Waals surface area contributed by atoms with Crippen LogP contribution < -0.4 is 15.0 Å². The van der Waals surface area contributed by atoms with Gasteiger partial charge in [0.2, 0.25) is 0 Å². The monoisotopic (exact) mass is 283 g/mol. The molecule has 0 fully saturated rings. The van der Waals surface area contributed by atoms with E-state index in [-0.39, 0.29) is 0 Å². The maximum atomic E-state index is 5.50. The number of pyridine rings is 1. The lowest BCUT2D eigenvalue weighted by Crippen LogP contribution is -2.33. The van der Waals surface area contributed by atoms with Crippen molar-refractivity contribution in [2.24, 2.45) is 0 Å². The smallest absolute Gasteiger partial charge is 0.128 e. The molecule has 1 aromatic heterocycles. The molecule has 0 spiro atoms. The molecule has 2 aromatic rings. The van der Waals surface area contributed by atoms with Gasteiger partial charge in [-0.1, -0.05) is 12.1 Å². The predicted molar refractivity (Wildman–Crippen MR) is 86.2 cm³/mol. The van der Waals surface area contributed by atoms with Gasteiger partial charge >= 0.3 is 0 Å². The third-order valence-corrected chi connectivity index (χ3v) is 4.03. The van der Waals surface area contributed by atoms with E-state index in [0.29, 0.717) is 0 Å². The van der Waals surface area contributed by atoms with Gasteiger partial charge in [0.1, 0.15) is 5.75 Å². The molecule has 0 aliphatic carbocycles. The maximum absolute atomic E-state index is 5.50. The Labute approximate surface area is 125 Å². The van der Waals surface area contributed by atoms with E-state index in [1.807, 2.05) is 13.1 Å². The highest BCUT2D eigenvalue weighted by Crippen LogP contribution is 2.31. The number of benzene rings is 1. The zero-order valence-corrected chi connectivity index (χ0v) is 12.8. The van der Waals surface area contributed by atoms with Gasteiger partial charge in [0.15, 0.2) is 0 Å². The molecule has 0 atom stereocenters. The Morgan fingerprint density at radius 3 is 2.90 bits per heavy atom. The summed E-state index contributed by atoms with van der Waals surface area (Å²) in [6.07, 6.45) is 1.90. The van der Waals surface area contributed by atoms with Crippen molar-refractivity contribution < 1.29 is 4.74 Å². The van der Waals surface area contributed by atoms with E-state index in [1.54, 1.807) is 7.11 Å². The second-order valence-corrected chi connectivity index (χ2v) is 5.41. The summed E-state index contributed by atoms with van der Waals surface area (Å²) < 4.78 is 5.50. The summed E-state index contributed by atoms with van der Waals surface area (Å²) in [5, 5.41) is 3.44. The first kappa shape index (κ1) is 13.7. The number of fused-ring (bicyclic) bond motifs is 1. The van der Waals surface area contributed by atoms with Crippen LogP contribution >= 0.6 is 0 Å². The topological polar surface area (TPSA) is 37.4 Å². The molecule has 110 valence electrons. The summed E-state index contributed by atoms with van der Waals surface area (Å²) in [6, 6.07) is 8.42. The average Bonchev–Trinajstić information content (AvgIpc) is 2.51. The Morgan fingerprint density at radius 1 is 1.29 bits per heavy atom.